The molecule has 26 heavy (non-hydrogen) atoms. The molecule has 1 saturated carbocycles. The highest BCUT2D eigenvalue weighted by Crippen LogP contribution is 2.21. The van der Waals surface area contributed by atoms with Gasteiger partial charge < -0.3 is 10.6 Å². The van der Waals surface area contributed by atoms with Gasteiger partial charge in [0.1, 0.15) is 0 Å². The van der Waals surface area contributed by atoms with Crippen molar-refractivity contribution in [3.05, 3.63) is 70.2 Å². The monoisotopic (exact) mass is 370 g/mol. The Kier molecular flexibility index (Phi) is 6.33. The third-order valence-electron chi connectivity index (χ3n) is 5.00. The predicted octanol–water partition coefficient (Wildman–Crippen LogP) is 4.44. The molecule has 138 valence electrons. The first-order valence-corrected chi connectivity index (χ1v) is 9.73. The summed E-state index contributed by atoms with van der Waals surface area (Å²) >= 11 is 6.00. The largest absolute Gasteiger partial charge is 0.353 e. The normalized spacial score (nSPS) is 19.2. The SMILES string of the molecule is CC(C)c1ccc(CC(=O)N[C@H]2C[C@H](NCc3cccc(Cl)c3)C2)cc1. The lowest BCUT2D eigenvalue weighted by atomic mass is 9.86. The Bertz CT molecular complexity index is 736. The molecule has 3 rings (SSSR count). The second-order valence-corrected chi connectivity index (χ2v) is 7.95. The molecule has 0 unspecified atom stereocenters. The molecule has 0 atom stereocenters. The van der Waals surface area contributed by atoms with Gasteiger partial charge in [0.15, 0.2) is 0 Å². The number of carbonyl (C=O) groups is 1. The molecular weight excluding hydrogens is 344 g/mol. The number of rotatable bonds is 7. The number of hydrogen-bond donors (Lipinski definition) is 2. The van der Waals surface area contributed by atoms with Crippen LogP contribution in [0, 0.1) is 0 Å². The van der Waals surface area contributed by atoms with Gasteiger partial charge in [-0.25, -0.2) is 0 Å². The lowest BCUT2D eigenvalue weighted by Crippen LogP contribution is -2.52. The van der Waals surface area contributed by atoms with Crippen molar-refractivity contribution < 1.29 is 4.79 Å². The van der Waals surface area contributed by atoms with Crippen LogP contribution in [-0.2, 0) is 17.8 Å². The fraction of sp³-hybridized carbons (Fsp3) is 0.409. The molecule has 0 spiro atoms. The lowest BCUT2D eigenvalue weighted by Gasteiger charge is -2.36. The Morgan fingerprint density at radius 2 is 1.81 bits per heavy atom. The van der Waals surface area contributed by atoms with E-state index < -0.39 is 0 Å². The van der Waals surface area contributed by atoms with Gasteiger partial charge in [0.2, 0.25) is 5.91 Å². The standard InChI is InChI=1S/C22H27ClN2O/c1-15(2)18-8-6-16(7-9-18)11-22(26)25-21-12-20(13-21)24-14-17-4-3-5-19(23)10-17/h3-10,15,20-21,24H,11-14H2,1-2H3,(H,25,26)/t20-,21-. The average Bonchev–Trinajstić information content (AvgIpc) is 2.57. The molecule has 2 N–H and O–H groups in total. The number of halogens is 1. The molecule has 0 bridgehead atoms. The summed E-state index contributed by atoms with van der Waals surface area (Å²) in [6.07, 6.45) is 2.42. The van der Waals surface area contributed by atoms with Crippen LogP contribution >= 0.6 is 11.6 Å². The summed E-state index contributed by atoms with van der Waals surface area (Å²) < 4.78 is 0. The first-order valence-electron chi connectivity index (χ1n) is 9.35. The predicted molar refractivity (Wildman–Crippen MR) is 107 cm³/mol. The second-order valence-electron chi connectivity index (χ2n) is 7.52. The van der Waals surface area contributed by atoms with Crippen molar-refractivity contribution in [1.82, 2.24) is 10.6 Å². The van der Waals surface area contributed by atoms with Crippen molar-refractivity contribution in [1.29, 1.82) is 0 Å². The minimum absolute atomic E-state index is 0.112. The highest BCUT2D eigenvalue weighted by Gasteiger charge is 2.29. The van der Waals surface area contributed by atoms with Gasteiger partial charge in [-0.05, 0) is 47.6 Å². The van der Waals surface area contributed by atoms with E-state index in [0.29, 0.717) is 18.4 Å². The minimum Gasteiger partial charge on any atom is -0.353 e. The molecule has 0 aromatic heterocycles. The van der Waals surface area contributed by atoms with Crippen LogP contribution in [0.2, 0.25) is 5.02 Å². The van der Waals surface area contributed by atoms with Gasteiger partial charge in [-0.2, -0.15) is 0 Å². The molecule has 2 aromatic rings. The van der Waals surface area contributed by atoms with E-state index in [1.54, 1.807) is 0 Å². The summed E-state index contributed by atoms with van der Waals surface area (Å²) in [5.74, 6) is 0.629. The average molecular weight is 371 g/mol. The second kappa shape index (κ2) is 8.70. The van der Waals surface area contributed by atoms with E-state index in [2.05, 4.69) is 54.8 Å². The number of amides is 1. The highest BCUT2D eigenvalue weighted by atomic mass is 35.5. The number of nitrogens with one attached hydrogen (secondary N) is 2. The first-order chi connectivity index (χ1) is 12.5. The molecule has 1 amide bonds. The van der Waals surface area contributed by atoms with Crippen molar-refractivity contribution in [3.8, 4) is 0 Å². The topological polar surface area (TPSA) is 41.1 Å². The van der Waals surface area contributed by atoms with Crippen LogP contribution in [0.3, 0.4) is 0 Å². The van der Waals surface area contributed by atoms with Crippen LogP contribution in [-0.4, -0.2) is 18.0 Å². The molecule has 0 radical (unpaired) electrons. The molecule has 4 heteroatoms. The van der Waals surface area contributed by atoms with E-state index in [4.69, 9.17) is 11.6 Å². The van der Waals surface area contributed by atoms with Gasteiger partial charge in [0.25, 0.3) is 0 Å². The molecule has 1 aliphatic carbocycles. The number of hydrogen-bond acceptors (Lipinski definition) is 2. The zero-order valence-electron chi connectivity index (χ0n) is 15.5. The van der Waals surface area contributed by atoms with Gasteiger partial charge >= 0.3 is 0 Å². The van der Waals surface area contributed by atoms with E-state index in [1.165, 1.54) is 11.1 Å². The lowest BCUT2D eigenvalue weighted by molar-refractivity contribution is -0.121. The van der Waals surface area contributed by atoms with Gasteiger partial charge in [-0.3, -0.25) is 4.79 Å². The fourth-order valence-electron chi connectivity index (χ4n) is 3.30. The van der Waals surface area contributed by atoms with Crippen molar-refractivity contribution in [2.45, 2.75) is 57.7 Å². The third kappa shape index (κ3) is 5.33. The van der Waals surface area contributed by atoms with Crippen LogP contribution < -0.4 is 10.6 Å². The van der Waals surface area contributed by atoms with Crippen molar-refractivity contribution in [2.24, 2.45) is 0 Å². The maximum Gasteiger partial charge on any atom is 0.224 e. The summed E-state index contributed by atoms with van der Waals surface area (Å²) in [7, 11) is 0. The summed E-state index contributed by atoms with van der Waals surface area (Å²) in [6, 6.07) is 17.0. The van der Waals surface area contributed by atoms with Crippen LogP contribution in [0.5, 0.6) is 0 Å². The quantitative estimate of drug-likeness (QED) is 0.756. The van der Waals surface area contributed by atoms with Crippen molar-refractivity contribution >= 4 is 17.5 Å². The Balaban J connectivity index is 1.36. The highest BCUT2D eigenvalue weighted by molar-refractivity contribution is 6.30. The third-order valence-corrected chi connectivity index (χ3v) is 5.23. The van der Waals surface area contributed by atoms with E-state index in [9.17, 15) is 4.79 Å². The maximum absolute atomic E-state index is 12.2. The van der Waals surface area contributed by atoms with Gasteiger partial charge in [0, 0.05) is 23.7 Å². The Morgan fingerprint density at radius 1 is 1.08 bits per heavy atom. The summed E-state index contributed by atoms with van der Waals surface area (Å²) in [5, 5.41) is 7.43. The Labute approximate surface area is 161 Å². The summed E-state index contributed by atoms with van der Waals surface area (Å²) in [6.45, 7) is 5.17. The minimum atomic E-state index is 0.112. The van der Waals surface area contributed by atoms with Crippen LogP contribution in [0.15, 0.2) is 48.5 Å². The van der Waals surface area contributed by atoms with E-state index in [1.807, 2.05) is 18.2 Å². The Morgan fingerprint density at radius 3 is 2.46 bits per heavy atom. The van der Waals surface area contributed by atoms with Crippen LogP contribution in [0.4, 0.5) is 0 Å². The van der Waals surface area contributed by atoms with Crippen molar-refractivity contribution in [2.75, 3.05) is 0 Å². The zero-order chi connectivity index (χ0) is 18.5. The smallest absolute Gasteiger partial charge is 0.224 e. The van der Waals surface area contributed by atoms with Gasteiger partial charge in [-0.15, -0.1) is 0 Å². The van der Waals surface area contributed by atoms with E-state index in [-0.39, 0.29) is 11.9 Å². The van der Waals surface area contributed by atoms with Crippen molar-refractivity contribution in [3.63, 3.8) is 0 Å². The van der Waals surface area contributed by atoms with Gasteiger partial charge in [0.05, 0.1) is 6.42 Å². The van der Waals surface area contributed by atoms with Gasteiger partial charge in [-0.1, -0.05) is 61.8 Å². The maximum atomic E-state index is 12.2. The molecule has 1 fully saturated rings. The Hall–Kier alpha value is -1.84. The number of benzene rings is 2. The molecule has 3 nitrogen and oxygen atoms in total. The molecule has 2 aromatic carbocycles. The molecule has 0 heterocycles. The first kappa shape index (κ1) is 18.9. The summed E-state index contributed by atoms with van der Waals surface area (Å²) in [5.41, 5.74) is 3.57. The molecule has 0 aliphatic heterocycles. The van der Waals surface area contributed by atoms with E-state index in [0.717, 1.165) is 30.0 Å². The fourth-order valence-corrected chi connectivity index (χ4v) is 3.51. The zero-order valence-corrected chi connectivity index (χ0v) is 16.2. The molecule has 0 saturated heterocycles. The molecular formula is C22H27ClN2O. The van der Waals surface area contributed by atoms with E-state index >= 15 is 0 Å². The summed E-state index contributed by atoms with van der Waals surface area (Å²) in [4.78, 5) is 12.2. The molecule has 1 aliphatic rings. The van der Waals surface area contributed by atoms with Crippen LogP contribution in [0.25, 0.3) is 0 Å². The number of carbonyl (C=O) groups excluding carboxylic acids is 1. The van der Waals surface area contributed by atoms with Crippen LogP contribution in [0.1, 0.15) is 49.3 Å².